The summed E-state index contributed by atoms with van der Waals surface area (Å²) in [6, 6.07) is 9.67. The minimum Gasteiger partial charge on any atom is -0.380 e. The molecule has 1 N–H and O–H groups in total. The van der Waals surface area contributed by atoms with E-state index in [0.29, 0.717) is 55.5 Å². The second-order valence-corrected chi connectivity index (χ2v) is 8.35. The van der Waals surface area contributed by atoms with Crippen molar-refractivity contribution in [3.63, 3.8) is 0 Å². The van der Waals surface area contributed by atoms with Crippen LogP contribution in [0.1, 0.15) is 23.2 Å². The molecule has 1 saturated carbocycles. The molecule has 160 valence electrons. The van der Waals surface area contributed by atoms with E-state index in [0.717, 1.165) is 0 Å². The number of pyridine rings is 1. The molecule has 9 heteroatoms. The van der Waals surface area contributed by atoms with Crippen LogP contribution in [0, 0.1) is 5.82 Å². The maximum absolute atomic E-state index is 14.9. The lowest BCUT2D eigenvalue weighted by atomic mass is 10.1. The molecular formula is C22H20ClFN4O3. The van der Waals surface area contributed by atoms with E-state index in [2.05, 4.69) is 4.98 Å². The van der Waals surface area contributed by atoms with Crippen molar-refractivity contribution in [1.82, 2.24) is 19.2 Å². The minimum absolute atomic E-state index is 0.221. The van der Waals surface area contributed by atoms with Gasteiger partial charge in [0.25, 0.3) is 11.8 Å². The van der Waals surface area contributed by atoms with Crippen LogP contribution in [0.2, 0.25) is 5.15 Å². The summed E-state index contributed by atoms with van der Waals surface area (Å²) >= 11 is 6.37. The lowest BCUT2D eigenvalue weighted by Gasteiger charge is -2.35. The summed E-state index contributed by atoms with van der Waals surface area (Å²) in [4.78, 5) is 32.7. The Bertz CT molecular complexity index is 1200. The number of halogens is 2. The molecule has 2 fully saturated rings. The third-order valence-corrected chi connectivity index (χ3v) is 6.28. The Kier molecular flexibility index (Phi) is 4.71. The minimum atomic E-state index is -1.20. The molecule has 2 aliphatic rings. The third kappa shape index (κ3) is 3.45. The van der Waals surface area contributed by atoms with E-state index in [9.17, 15) is 19.1 Å². The van der Waals surface area contributed by atoms with Gasteiger partial charge in [-0.25, -0.2) is 9.37 Å². The smallest absolute Gasteiger partial charge is 0.254 e. The van der Waals surface area contributed by atoms with E-state index in [1.165, 1.54) is 12.1 Å². The third-order valence-electron chi connectivity index (χ3n) is 5.92. The standard InChI is InChI=1S/C22H20ClFN4O3/c23-19-18(25-17-3-1-2-8-28(17)19)15-5-4-14(13-16(15)24)20(29)26-9-11-27(12-10-26)21(30)22(31)6-7-22/h1-5,8,13,31H,6-7,9-12H2. The zero-order valence-electron chi connectivity index (χ0n) is 16.6. The van der Waals surface area contributed by atoms with Gasteiger partial charge in [0.1, 0.15) is 27.9 Å². The van der Waals surface area contributed by atoms with Crippen LogP contribution in [-0.2, 0) is 4.79 Å². The molecule has 2 aromatic heterocycles. The summed E-state index contributed by atoms with van der Waals surface area (Å²) in [6.07, 6.45) is 2.73. The number of imidazole rings is 1. The van der Waals surface area contributed by atoms with Crippen molar-refractivity contribution in [3.8, 4) is 11.3 Å². The Labute approximate surface area is 182 Å². The summed E-state index contributed by atoms with van der Waals surface area (Å²) in [5.41, 5.74) is 0.157. The van der Waals surface area contributed by atoms with Crippen LogP contribution in [0.3, 0.4) is 0 Å². The van der Waals surface area contributed by atoms with Crippen LogP contribution >= 0.6 is 11.6 Å². The number of carbonyl (C=O) groups is 2. The second-order valence-electron chi connectivity index (χ2n) is 7.99. The highest BCUT2D eigenvalue weighted by Crippen LogP contribution is 2.37. The normalized spacial score (nSPS) is 17.8. The Hall–Kier alpha value is -2.97. The van der Waals surface area contributed by atoms with Gasteiger partial charge in [-0.05, 0) is 43.2 Å². The van der Waals surface area contributed by atoms with Gasteiger partial charge in [0, 0.05) is 43.5 Å². The lowest BCUT2D eigenvalue weighted by Crippen LogP contribution is -2.53. The Balaban J connectivity index is 1.32. The van der Waals surface area contributed by atoms with E-state index < -0.39 is 11.4 Å². The topological polar surface area (TPSA) is 78.2 Å². The number of rotatable bonds is 3. The number of amides is 2. The van der Waals surface area contributed by atoms with Crippen LogP contribution < -0.4 is 0 Å². The van der Waals surface area contributed by atoms with Gasteiger partial charge in [-0.2, -0.15) is 0 Å². The first-order valence-corrected chi connectivity index (χ1v) is 10.5. The van der Waals surface area contributed by atoms with Crippen molar-refractivity contribution in [2.24, 2.45) is 0 Å². The number of hydrogen-bond acceptors (Lipinski definition) is 4. The molecule has 0 bridgehead atoms. The molecule has 1 aromatic carbocycles. The number of carbonyl (C=O) groups excluding carboxylic acids is 2. The molecule has 0 unspecified atom stereocenters. The van der Waals surface area contributed by atoms with E-state index in [4.69, 9.17) is 11.6 Å². The highest BCUT2D eigenvalue weighted by atomic mass is 35.5. The molecule has 5 rings (SSSR count). The molecule has 3 aromatic rings. The number of nitrogens with zero attached hydrogens (tertiary/aromatic N) is 4. The van der Waals surface area contributed by atoms with Crippen molar-refractivity contribution in [2.45, 2.75) is 18.4 Å². The average Bonchev–Trinajstić information content (AvgIpc) is 3.46. The van der Waals surface area contributed by atoms with Crippen LogP contribution in [0.15, 0.2) is 42.6 Å². The van der Waals surface area contributed by atoms with Crippen LogP contribution in [0.5, 0.6) is 0 Å². The molecular weight excluding hydrogens is 423 g/mol. The Morgan fingerprint density at radius 3 is 2.42 bits per heavy atom. The fraction of sp³-hybridized carbons (Fsp3) is 0.318. The maximum atomic E-state index is 14.9. The van der Waals surface area contributed by atoms with E-state index in [-0.39, 0.29) is 22.9 Å². The zero-order valence-corrected chi connectivity index (χ0v) is 17.3. The summed E-state index contributed by atoms with van der Waals surface area (Å²) in [6.45, 7) is 1.37. The zero-order chi connectivity index (χ0) is 21.8. The predicted molar refractivity (Wildman–Crippen MR) is 112 cm³/mol. The monoisotopic (exact) mass is 442 g/mol. The molecule has 1 aliphatic carbocycles. The van der Waals surface area contributed by atoms with Gasteiger partial charge in [-0.1, -0.05) is 17.7 Å². The molecule has 7 nitrogen and oxygen atoms in total. The van der Waals surface area contributed by atoms with Gasteiger partial charge < -0.3 is 14.9 Å². The number of benzene rings is 1. The van der Waals surface area contributed by atoms with Gasteiger partial charge in [0.2, 0.25) is 0 Å². The first kappa shape index (κ1) is 20.0. The Morgan fingerprint density at radius 1 is 1.06 bits per heavy atom. The van der Waals surface area contributed by atoms with Crippen molar-refractivity contribution < 1.29 is 19.1 Å². The van der Waals surface area contributed by atoms with Crippen LogP contribution in [0.25, 0.3) is 16.9 Å². The summed E-state index contributed by atoms with van der Waals surface area (Å²) < 4.78 is 16.6. The first-order valence-electron chi connectivity index (χ1n) is 10.1. The summed E-state index contributed by atoms with van der Waals surface area (Å²) in [5, 5.41) is 10.3. The fourth-order valence-electron chi connectivity index (χ4n) is 3.90. The van der Waals surface area contributed by atoms with Crippen molar-refractivity contribution in [2.75, 3.05) is 26.2 Å². The molecule has 0 spiro atoms. The van der Waals surface area contributed by atoms with Gasteiger partial charge in [-0.15, -0.1) is 0 Å². The molecule has 1 saturated heterocycles. The van der Waals surface area contributed by atoms with Gasteiger partial charge in [0.15, 0.2) is 0 Å². The second kappa shape index (κ2) is 7.32. The van der Waals surface area contributed by atoms with Crippen molar-refractivity contribution in [3.05, 3.63) is 59.1 Å². The van der Waals surface area contributed by atoms with E-state index >= 15 is 0 Å². The largest absolute Gasteiger partial charge is 0.380 e. The predicted octanol–water partition coefficient (Wildman–Crippen LogP) is 2.60. The molecule has 0 radical (unpaired) electrons. The molecule has 2 amide bonds. The highest BCUT2D eigenvalue weighted by molar-refractivity contribution is 6.32. The fourth-order valence-corrected chi connectivity index (χ4v) is 4.19. The molecule has 3 heterocycles. The van der Waals surface area contributed by atoms with Crippen LogP contribution in [0.4, 0.5) is 4.39 Å². The van der Waals surface area contributed by atoms with Gasteiger partial charge in [0.05, 0.1) is 0 Å². The average molecular weight is 443 g/mol. The summed E-state index contributed by atoms with van der Waals surface area (Å²) in [5.74, 6) is -1.15. The molecule has 31 heavy (non-hydrogen) atoms. The van der Waals surface area contributed by atoms with Gasteiger partial charge >= 0.3 is 0 Å². The SMILES string of the molecule is O=C(c1ccc(-c2nc3ccccn3c2Cl)c(F)c1)N1CCN(C(=O)C2(O)CC2)CC1. The number of aromatic nitrogens is 2. The summed E-state index contributed by atoms with van der Waals surface area (Å²) in [7, 11) is 0. The van der Waals surface area contributed by atoms with E-state index in [1.54, 1.807) is 38.6 Å². The van der Waals surface area contributed by atoms with E-state index in [1.807, 2.05) is 6.07 Å². The highest BCUT2D eigenvalue weighted by Gasteiger charge is 2.50. The number of fused-ring (bicyclic) bond motifs is 1. The first-order chi connectivity index (χ1) is 14.9. The number of piperazine rings is 1. The number of hydrogen-bond donors (Lipinski definition) is 1. The van der Waals surface area contributed by atoms with Gasteiger partial charge in [-0.3, -0.25) is 14.0 Å². The molecule has 0 atom stereocenters. The van der Waals surface area contributed by atoms with Crippen LogP contribution in [-0.4, -0.2) is 67.9 Å². The lowest BCUT2D eigenvalue weighted by molar-refractivity contribution is -0.143. The molecule has 1 aliphatic heterocycles. The Morgan fingerprint density at radius 2 is 1.77 bits per heavy atom. The maximum Gasteiger partial charge on any atom is 0.254 e. The number of aliphatic hydroxyl groups is 1. The van der Waals surface area contributed by atoms with Crippen molar-refractivity contribution in [1.29, 1.82) is 0 Å². The quantitative estimate of drug-likeness (QED) is 0.676. The van der Waals surface area contributed by atoms with Crippen molar-refractivity contribution >= 4 is 29.1 Å².